The lowest BCUT2D eigenvalue weighted by Gasteiger charge is -2.59. The summed E-state index contributed by atoms with van der Waals surface area (Å²) < 4.78 is 76.7. The number of ketones is 1. The molecule has 32 atom stereocenters. The predicted octanol–water partition coefficient (Wildman–Crippen LogP) is -2.80. The number of fused-ring (bicyclic) bond motifs is 5. The number of carbonyl (C=O) groups is 3. The largest absolute Gasteiger partial charge is 0.504 e. The molecule has 3 saturated carbocycles. The van der Waals surface area contributed by atoms with Crippen LogP contribution in [0.4, 0.5) is 0 Å². The van der Waals surface area contributed by atoms with Gasteiger partial charge < -0.3 is 138 Å². The summed E-state index contributed by atoms with van der Waals surface area (Å²) in [6, 6.07) is 3.62. The number of Topliss-reactive ketones (excluding diaryl/α,β-unsaturated/α-hetero) is 1. The van der Waals surface area contributed by atoms with Crippen molar-refractivity contribution in [3.8, 4) is 11.5 Å². The van der Waals surface area contributed by atoms with Gasteiger partial charge in [-0.3, -0.25) is 9.59 Å². The van der Waals surface area contributed by atoms with Gasteiger partial charge in [0.25, 0.3) is 0 Å². The molecular formula is C65H98O31. The van der Waals surface area contributed by atoms with Crippen LogP contribution in [0.15, 0.2) is 29.8 Å². The maximum absolute atomic E-state index is 14.5. The first-order chi connectivity index (χ1) is 45.4. The van der Waals surface area contributed by atoms with Crippen LogP contribution in [-0.4, -0.2) is 294 Å². The summed E-state index contributed by atoms with van der Waals surface area (Å²) in [6.45, 7) is 8.01. The molecule has 5 saturated heterocycles. The monoisotopic (exact) mass is 1370 g/mol. The van der Waals surface area contributed by atoms with Gasteiger partial charge in [-0.05, 0) is 98.7 Å². The number of ether oxygens (including phenoxy) is 13. The second-order valence-corrected chi connectivity index (χ2v) is 28.4. The zero-order chi connectivity index (χ0) is 69.8. The van der Waals surface area contributed by atoms with Crippen molar-refractivity contribution in [3.63, 3.8) is 0 Å². The number of hydrogen-bond acceptors (Lipinski definition) is 31. The highest BCUT2D eigenvalue weighted by atomic mass is 16.8. The number of hydrogen-bond donors (Lipinski definition) is 15. The van der Waals surface area contributed by atoms with E-state index in [4.69, 9.17) is 61.6 Å². The molecular weight excluding hydrogens is 1280 g/mol. The van der Waals surface area contributed by atoms with Crippen molar-refractivity contribution in [2.24, 2.45) is 40.4 Å². The van der Waals surface area contributed by atoms with E-state index in [9.17, 15) is 91.0 Å². The zero-order valence-corrected chi connectivity index (χ0v) is 54.8. The SMILES string of the molecule is COc1cc(C(=O)OC2C(OC3C(O)COC(OC4CC5C6CC=C7CC(OC8OC(COC9OC(COC%10OC(CO)C(O)C(O)C%10O)C(O)C(O)C9O)C(O)C(O)C8O)CCC7(C)C6CCC5(C)C4(O)C(C)C(=O)CCC(C)C)C3OC(C)=O)OCC(O)C2O)ccc1O. The molecule has 5 heterocycles. The van der Waals surface area contributed by atoms with E-state index in [1.807, 2.05) is 20.8 Å². The Morgan fingerprint density at radius 1 is 0.646 bits per heavy atom. The quantitative estimate of drug-likeness (QED) is 0.0412. The molecule has 0 amide bonds. The van der Waals surface area contributed by atoms with Crippen molar-refractivity contribution < 1.29 is 153 Å². The van der Waals surface area contributed by atoms with Crippen LogP contribution in [0.1, 0.15) is 110 Å². The highest BCUT2D eigenvalue weighted by molar-refractivity contribution is 5.90. The zero-order valence-electron chi connectivity index (χ0n) is 54.8. The van der Waals surface area contributed by atoms with Gasteiger partial charge in [0.1, 0.15) is 109 Å². The molecule has 96 heavy (non-hydrogen) atoms. The van der Waals surface area contributed by atoms with Crippen LogP contribution < -0.4 is 4.74 Å². The van der Waals surface area contributed by atoms with Crippen LogP contribution in [0.25, 0.3) is 0 Å². The highest BCUT2D eigenvalue weighted by Crippen LogP contribution is 2.69. The van der Waals surface area contributed by atoms with E-state index in [0.717, 1.165) is 12.5 Å². The van der Waals surface area contributed by atoms with Crippen molar-refractivity contribution in [1.29, 1.82) is 0 Å². The van der Waals surface area contributed by atoms with Crippen LogP contribution >= 0.6 is 0 Å². The summed E-state index contributed by atoms with van der Waals surface area (Å²) in [7, 11) is 1.27. The van der Waals surface area contributed by atoms with E-state index in [2.05, 4.69) is 13.0 Å². The molecule has 31 nitrogen and oxygen atoms in total. The summed E-state index contributed by atoms with van der Waals surface area (Å²) in [4.78, 5) is 41.2. The fourth-order valence-corrected chi connectivity index (χ4v) is 16.4. The number of allylic oxidation sites excluding steroid dienone is 1. The van der Waals surface area contributed by atoms with E-state index in [1.165, 1.54) is 25.3 Å². The number of phenols is 1. The standard InChI is InChI=1S/C65H98O31/c1-26(2)8-12-35(68)27(3)65(83)43(94-62-56(89-28(4)67)54(38(71)23-86-62)96-61-55(44(72)37(70)22-85-61)95-57(82)29-9-13-36(69)39(18-29)84-7)20-34-32-11-10-30-19-31(14-16-63(30,5)33(32)15-17-64(34,65)6)90-60-53(81)50(78)47(75)42(93-60)25-88-59-52(80)49(77)46(74)41(92-59)24-87-58-51(79)48(76)45(73)40(21-66)91-58/h9-10,13,18,26-27,31-34,37-38,40-56,58-62,66,69-81,83H,8,11-12,14-17,19-25H2,1-7H3. The maximum Gasteiger partial charge on any atom is 0.338 e. The van der Waals surface area contributed by atoms with Gasteiger partial charge in [-0.25, -0.2) is 4.79 Å². The molecule has 15 N–H and O–H groups in total. The Morgan fingerprint density at radius 3 is 1.83 bits per heavy atom. The Bertz CT molecular complexity index is 2850. The Balaban J connectivity index is 0.829. The smallest absolute Gasteiger partial charge is 0.338 e. The topological polar surface area (TPSA) is 475 Å². The highest BCUT2D eigenvalue weighted by Gasteiger charge is 2.71. The maximum atomic E-state index is 14.5. The van der Waals surface area contributed by atoms with Gasteiger partial charge in [-0.1, -0.05) is 46.3 Å². The first-order valence-electron chi connectivity index (χ1n) is 33.2. The molecule has 544 valence electrons. The second kappa shape index (κ2) is 30.4. The number of methoxy groups -OCH3 is 1. The lowest BCUT2D eigenvalue weighted by Crippen LogP contribution is -2.64. The molecule has 32 unspecified atom stereocenters. The Hall–Kier alpha value is -3.79. The number of phenolic OH excluding ortho intramolecular Hbond substituents is 1. The second-order valence-electron chi connectivity index (χ2n) is 28.4. The minimum atomic E-state index is -1.89. The number of esters is 2. The van der Waals surface area contributed by atoms with Crippen molar-refractivity contribution in [3.05, 3.63) is 35.4 Å². The molecule has 9 aliphatic rings. The molecule has 4 aliphatic carbocycles. The average molecular weight is 1380 g/mol. The van der Waals surface area contributed by atoms with Gasteiger partial charge in [0, 0.05) is 24.7 Å². The van der Waals surface area contributed by atoms with Crippen LogP contribution in [0, 0.1) is 40.4 Å². The lowest BCUT2D eigenvalue weighted by atomic mass is 9.46. The normalized spacial score (nSPS) is 46.0. The third kappa shape index (κ3) is 14.5. The van der Waals surface area contributed by atoms with Crippen LogP contribution in [0.5, 0.6) is 11.5 Å². The molecule has 5 aliphatic heterocycles. The Morgan fingerprint density at radius 2 is 1.23 bits per heavy atom. The number of aliphatic hydroxyl groups excluding tert-OH is 13. The third-order valence-corrected chi connectivity index (χ3v) is 22.2. The van der Waals surface area contributed by atoms with Gasteiger partial charge in [0.05, 0.1) is 57.9 Å². The van der Waals surface area contributed by atoms with Gasteiger partial charge in [0.15, 0.2) is 55.2 Å². The molecule has 8 fully saturated rings. The van der Waals surface area contributed by atoms with E-state index < -0.39 is 221 Å². The fraction of sp³-hybridized carbons (Fsp3) is 0.831. The minimum absolute atomic E-state index is 0.0347. The average Bonchev–Trinajstić information content (AvgIpc) is 1.49. The molecule has 0 spiro atoms. The van der Waals surface area contributed by atoms with Crippen molar-refractivity contribution in [2.75, 3.05) is 40.1 Å². The van der Waals surface area contributed by atoms with E-state index in [1.54, 1.807) is 6.92 Å². The molecule has 31 heteroatoms. The van der Waals surface area contributed by atoms with Gasteiger partial charge in [0.2, 0.25) is 0 Å². The van der Waals surface area contributed by atoms with Crippen molar-refractivity contribution in [2.45, 2.75) is 258 Å². The van der Waals surface area contributed by atoms with Crippen LogP contribution in [-0.2, 0) is 66.4 Å². The molecule has 0 bridgehead atoms. The molecule has 1 aromatic carbocycles. The molecule has 0 radical (unpaired) electrons. The summed E-state index contributed by atoms with van der Waals surface area (Å²) in [5, 5.41) is 164. The van der Waals surface area contributed by atoms with E-state index in [0.29, 0.717) is 44.9 Å². The molecule has 10 rings (SSSR count). The van der Waals surface area contributed by atoms with Crippen molar-refractivity contribution in [1.82, 2.24) is 0 Å². The van der Waals surface area contributed by atoms with Gasteiger partial charge in [-0.2, -0.15) is 0 Å². The summed E-state index contributed by atoms with van der Waals surface area (Å²) in [5.74, 6) is -3.54. The van der Waals surface area contributed by atoms with Gasteiger partial charge >= 0.3 is 11.9 Å². The van der Waals surface area contributed by atoms with E-state index >= 15 is 0 Å². The number of benzene rings is 1. The first-order valence-corrected chi connectivity index (χ1v) is 33.2. The van der Waals surface area contributed by atoms with Crippen LogP contribution in [0.3, 0.4) is 0 Å². The summed E-state index contributed by atoms with van der Waals surface area (Å²) in [5.41, 5.74) is -2.28. The Kier molecular flexibility index (Phi) is 23.7. The summed E-state index contributed by atoms with van der Waals surface area (Å²) in [6.07, 6.45) is -33.9. The van der Waals surface area contributed by atoms with Gasteiger partial charge in [-0.15, -0.1) is 0 Å². The fourth-order valence-electron chi connectivity index (χ4n) is 16.4. The molecule has 1 aromatic rings. The summed E-state index contributed by atoms with van der Waals surface area (Å²) >= 11 is 0. The predicted molar refractivity (Wildman–Crippen MR) is 321 cm³/mol. The first kappa shape index (κ1) is 74.9. The number of aliphatic hydroxyl groups is 14. The molecule has 0 aromatic heterocycles. The third-order valence-electron chi connectivity index (χ3n) is 22.2. The number of carbonyl (C=O) groups excluding carboxylic acids is 3. The number of aromatic hydroxyl groups is 1. The lowest BCUT2D eigenvalue weighted by molar-refractivity contribution is -0.345. The van der Waals surface area contributed by atoms with Crippen molar-refractivity contribution >= 4 is 17.7 Å². The Labute approximate surface area is 554 Å². The number of rotatable bonds is 22. The van der Waals surface area contributed by atoms with E-state index in [-0.39, 0.29) is 59.4 Å². The van der Waals surface area contributed by atoms with Crippen LogP contribution in [0.2, 0.25) is 0 Å². The minimum Gasteiger partial charge on any atom is -0.504 e.